The number of carbonyl (C=O) groups is 1. The molecule has 5 nitrogen and oxygen atoms in total. The van der Waals surface area contributed by atoms with Gasteiger partial charge in [-0.25, -0.2) is 14.7 Å². The van der Waals surface area contributed by atoms with Crippen molar-refractivity contribution in [1.29, 1.82) is 0 Å². The van der Waals surface area contributed by atoms with Crippen molar-refractivity contribution in [3.8, 4) is 0 Å². The first-order chi connectivity index (χ1) is 9.71. The quantitative estimate of drug-likeness (QED) is 0.836. The molecule has 1 heterocycles. The van der Waals surface area contributed by atoms with Crippen molar-refractivity contribution in [2.24, 2.45) is 10.7 Å². The first-order valence-electron chi connectivity index (χ1n) is 5.92. The van der Waals surface area contributed by atoms with E-state index in [0.29, 0.717) is 10.6 Å². The Labute approximate surface area is 118 Å². The average molecular weight is 299 g/mol. The minimum atomic E-state index is -4.59. The van der Waals surface area contributed by atoms with Crippen LogP contribution in [0, 0.1) is 0 Å². The Morgan fingerprint density at radius 3 is 2.57 bits per heavy atom. The van der Waals surface area contributed by atoms with Gasteiger partial charge >= 0.3 is 12.3 Å². The van der Waals surface area contributed by atoms with E-state index in [1.165, 1.54) is 31.2 Å². The molecule has 1 unspecified atom stereocenters. The largest absolute Gasteiger partial charge is 0.465 e. The normalized spacial score (nSPS) is 19.0. The second kappa shape index (κ2) is 5.12. The maximum absolute atomic E-state index is 13.1. The van der Waals surface area contributed by atoms with Gasteiger partial charge in [0.25, 0.3) is 0 Å². The van der Waals surface area contributed by atoms with Gasteiger partial charge in [0, 0.05) is 5.70 Å². The average Bonchev–Trinajstić information content (AvgIpc) is 2.36. The van der Waals surface area contributed by atoms with Gasteiger partial charge < -0.3 is 10.8 Å². The molecular formula is C13H12F3N3O2. The van der Waals surface area contributed by atoms with Crippen LogP contribution in [0.3, 0.4) is 0 Å². The van der Waals surface area contributed by atoms with Crippen LogP contribution in [0.5, 0.6) is 0 Å². The molecule has 0 radical (unpaired) electrons. The van der Waals surface area contributed by atoms with Crippen molar-refractivity contribution in [3.05, 3.63) is 47.2 Å². The van der Waals surface area contributed by atoms with Crippen molar-refractivity contribution in [1.82, 2.24) is 4.90 Å². The number of guanidine groups is 1. The number of carboxylic acid groups (broad SMARTS) is 1. The summed E-state index contributed by atoms with van der Waals surface area (Å²) < 4.78 is 39.2. The molecular weight excluding hydrogens is 287 g/mol. The molecule has 3 N–H and O–H groups in total. The molecule has 8 heteroatoms. The summed E-state index contributed by atoms with van der Waals surface area (Å²) in [5.74, 6) is -0.357. The number of rotatable bonds is 1. The van der Waals surface area contributed by atoms with Gasteiger partial charge in [0.05, 0.1) is 11.6 Å². The summed E-state index contributed by atoms with van der Waals surface area (Å²) in [7, 11) is 0. The lowest BCUT2D eigenvalue weighted by Gasteiger charge is -2.31. The first kappa shape index (κ1) is 14.9. The van der Waals surface area contributed by atoms with Crippen molar-refractivity contribution in [3.63, 3.8) is 0 Å². The minimum absolute atomic E-state index is 0.190. The third-order valence-corrected chi connectivity index (χ3v) is 3.01. The second-order valence-electron chi connectivity index (χ2n) is 4.46. The molecule has 1 aromatic carbocycles. The standard InChI is InChI=1S/C13H12F3N3O2/c1-7-6-10(19(12(20)21)11(17)18-7)8-4-2-3-5-9(8)13(14,15)16/h2-6,10H,1H3,(H2,17,18)(H,20,21). The van der Waals surface area contributed by atoms with E-state index < -0.39 is 23.9 Å². The molecule has 0 aliphatic carbocycles. The molecule has 0 spiro atoms. The summed E-state index contributed by atoms with van der Waals surface area (Å²) in [4.78, 5) is 15.7. The molecule has 1 aliphatic heterocycles. The fourth-order valence-corrected chi connectivity index (χ4v) is 2.18. The molecule has 0 bridgehead atoms. The van der Waals surface area contributed by atoms with Crippen LogP contribution in [0.2, 0.25) is 0 Å². The highest BCUT2D eigenvalue weighted by Gasteiger charge is 2.38. The van der Waals surface area contributed by atoms with Crippen molar-refractivity contribution >= 4 is 12.1 Å². The van der Waals surface area contributed by atoms with Gasteiger partial charge in [-0.05, 0) is 24.6 Å². The fraction of sp³-hybridized carbons (Fsp3) is 0.231. The fourth-order valence-electron chi connectivity index (χ4n) is 2.18. The Morgan fingerprint density at radius 2 is 2.00 bits per heavy atom. The van der Waals surface area contributed by atoms with Gasteiger partial charge in [-0.15, -0.1) is 0 Å². The molecule has 1 aliphatic rings. The number of nitrogens with two attached hydrogens (primary N) is 1. The molecule has 1 amide bonds. The van der Waals surface area contributed by atoms with E-state index >= 15 is 0 Å². The number of alkyl halides is 3. The number of allylic oxidation sites excluding steroid dienone is 1. The van der Waals surface area contributed by atoms with Gasteiger partial charge in [-0.3, -0.25) is 0 Å². The number of nitrogens with zero attached hydrogens (tertiary/aromatic N) is 2. The van der Waals surface area contributed by atoms with Crippen LogP contribution in [-0.4, -0.2) is 22.1 Å². The smallest absolute Gasteiger partial charge is 0.416 e. The highest BCUT2D eigenvalue weighted by atomic mass is 19.4. The second-order valence-corrected chi connectivity index (χ2v) is 4.46. The Balaban J connectivity index is 2.60. The third-order valence-electron chi connectivity index (χ3n) is 3.01. The zero-order valence-electron chi connectivity index (χ0n) is 10.9. The summed E-state index contributed by atoms with van der Waals surface area (Å²) in [6.07, 6.45) is -4.73. The van der Waals surface area contributed by atoms with E-state index in [0.717, 1.165) is 6.07 Å². The van der Waals surface area contributed by atoms with Crippen LogP contribution in [0.1, 0.15) is 24.1 Å². The van der Waals surface area contributed by atoms with Gasteiger partial charge in [0.2, 0.25) is 5.96 Å². The Morgan fingerprint density at radius 1 is 1.38 bits per heavy atom. The van der Waals surface area contributed by atoms with Gasteiger partial charge in [0.1, 0.15) is 0 Å². The Bertz CT molecular complexity index is 638. The van der Waals surface area contributed by atoms with E-state index in [1.807, 2.05) is 0 Å². The zero-order valence-corrected chi connectivity index (χ0v) is 10.9. The van der Waals surface area contributed by atoms with Crippen LogP contribution in [0.15, 0.2) is 41.0 Å². The molecule has 0 aromatic heterocycles. The summed E-state index contributed by atoms with van der Waals surface area (Å²) >= 11 is 0. The minimum Gasteiger partial charge on any atom is -0.465 e. The lowest BCUT2D eigenvalue weighted by atomic mass is 9.97. The topological polar surface area (TPSA) is 78.9 Å². The third kappa shape index (κ3) is 2.83. The molecule has 112 valence electrons. The highest BCUT2D eigenvalue weighted by molar-refractivity contribution is 5.94. The van der Waals surface area contributed by atoms with E-state index in [1.54, 1.807) is 0 Å². The number of halogens is 3. The number of amides is 1. The SMILES string of the molecule is CC1=CC(c2ccccc2C(F)(F)F)N(C(=O)O)C(N)=N1. The predicted molar refractivity (Wildman–Crippen MR) is 69.4 cm³/mol. The summed E-state index contributed by atoms with van der Waals surface area (Å²) in [5, 5.41) is 9.17. The van der Waals surface area contributed by atoms with Gasteiger partial charge in [0.15, 0.2) is 0 Å². The van der Waals surface area contributed by atoms with Crippen LogP contribution in [-0.2, 0) is 6.18 Å². The van der Waals surface area contributed by atoms with Crippen molar-refractivity contribution in [2.75, 3.05) is 0 Å². The van der Waals surface area contributed by atoms with Crippen molar-refractivity contribution < 1.29 is 23.1 Å². The number of benzene rings is 1. The molecule has 1 aromatic rings. The van der Waals surface area contributed by atoms with E-state index in [9.17, 15) is 23.1 Å². The van der Waals surface area contributed by atoms with E-state index in [-0.39, 0.29) is 11.5 Å². The molecule has 0 fully saturated rings. The van der Waals surface area contributed by atoms with Gasteiger partial charge in [-0.2, -0.15) is 13.2 Å². The maximum Gasteiger partial charge on any atom is 0.416 e. The predicted octanol–water partition coefficient (Wildman–Crippen LogP) is 2.96. The maximum atomic E-state index is 13.1. The molecule has 0 saturated heterocycles. The summed E-state index contributed by atoms with van der Waals surface area (Å²) in [6.45, 7) is 1.54. The Hall–Kier alpha value is -2.51. The zero-order chi connectivity index (χ0) is 15.8. The van der Waals surface area contributed by atoms with Gasteiger partial charge in [-0.1, -0.05) is 18.2 Å². The highest BCUT2D eigenvalue weighted by Crippen LogP contribution is 2.38. The molecule has 21 heavy (non-hydrogen) atoms. The number of hydrogen-bond donors (Lipinski definition) is 2. The van der Waals surface area contributed by atoms with Crippen LogP contribution < -0.4 is 5.73 Å². The van der Waals surface area contributed by atoms with Crippen LogP contribution in [0.25, 0.3) is 0 Å². The first-order valence-corrected chi connectivity index (χ1v) is 5.92. The van der Waals surface area contributed by atoms with E-state index in [4.69, 9.17) is 5.73 Å². The molecule has 2 rings (SSSR count). The van der Waals surface area contributed by atoms with Crippen molar-refractivity contribution in [2.45, 2.75) is 19.1 Å². The number of hydrogen-bond acceptors (Lipinski definition) is 3. The summed E-state index contributed by atoms with van der Waals surface area (Å²) in [5.41, 5.74) is 4.79. The lowest BCUT2D eigenvalue weighted by Crippen LogP contribution is -2.45. The summed E-state index contributed by atoms with van der Waals surface area (Å²) in [6, 6.07) is 3.62. The number of aliphatic imine (C=N–C) groups is 1. The van der Waals surface area contributed by atoms with Crippen LogP contribution in [0.4, 0.5) is 18.0 Å². The van der Waals surface area contributed by atoms with Crippen LogP contribution >= 0.6 is 0 Å². The molecule has 0 saturated carbocycles. The lowest BCUT2D eigenvalue weighted by molar-refractivity contribution is -0.138. The monoisotopic (exact) mass is 299 g/mol. The molecule has 1 atom stereocenters. The van der Waals surface area contributed by atoms with E-state index in [2.05, 4.69) is 4.99 Å². The Kier molecular flexibility index (Phi) is 3.63.